The molecule has 39 heavy (non-hydrogen) atoms. The molecule has 0 fully saturated rings. The Morgan fingerprint density at radius 3 is 1.77 bits per heavy atom. The van der Waals surface area contributed by atoms with E-state index in [1.165, 1.54) is 0 Å². The Bertz CT molecular complexity index is 1160. The first-order chi connectivity index (χ1) is 18.1. The van der Waals surface area contributed by atoms with Gasteiger partial charge in [-0.15, -0.1) is 11.5 Å². The van der Waals surface area contributed by atoms with E-state index in [-0.39, 0.29) is 12.8 Å². The molecular formula is C29H34F7NOSi. The van der Waals surface area contributed by atoms with E-state index in [0.717, 1.165) is 5.56 Å². The maximum atomic E-state index is 14.5. The number of hydrogen-bond donors (Lipinski definition) is 1. The van der Waals surface area contributed by atoms with Crippen molar-refractivity contribution in [3.05, 3.63) is 64.7 Å². The van der Waals surface area contributed by atoms with E-state index in [4.69, 9.17) is 0 Å². The van der Waals surface area contributed by atoms with Crippen LogP contribution >= 0.6 is 0 Å². The molecule has 1 unspecified atom stereocenters. The van der Waals surface area contributed by atoms with Crippen LogP contribution in [-0.4, -0.2) is 14.0 Å². The molecule has 0 spiro atoms. The molecule has 1 amide bonds. The maximum absolute atomic E-state index is 14.5. The van der Waals surface area contributed by atoms with Gasteiger partial charge >= 0.3 is 6.18 Å². The molecule has 0 aromatic heterocycles. The van der Waals surface area contributed by atoms with Crippen molar-refractivity contribution in [1.82, 2.24) is 0 Å². The van der Waals surface area contributed by atoms with E-state index >= 15 is 0 Å². The highest BCUT2D eigenvalue weighted by Gasteiger charge is 2.43. The van der Waals surface area contributed by atoms with Crippen LogP contribution in [0.25, 0.3) is 0 Å². The zero-order chi connectivity index (χ0) is 29.7. The van der Waals surface area contributed by atoms with E-state index in [9.17, 15) is 35.5 Å². The fourth-order valence-electron chi connectivity index (χ4n) is 5.29. The van der Waals surface area contributed by atoms with E-state index in [2.05, 4.69) is 53.0 Å². The van der Waals surface area contributed by atoms with Crippen LogP contribution in [0.15, 0.2) is 30.3 Å². The van der Waals surface area contributed by atoms with Gasteiger partial charge in [-0.05, 0) is 35.0 Å². The molecule has 0 radical (unpaired) electrons. The van der Waals surface area contributed by atoms with Crippen LogP contribution in [0.2, 0.25) is 16.6 Å². The Morgan fingerprint density at radius 1 is 0.846 bits per heavy atom. The van der Waals surface area contributed by atoms with Crippen LogP contribution < -0.4 is 5.32 Å². The van der Waals surface area contributed by atoms with Gasteiger partial charge in [-0.3, -0.25) is 4.79 Å². The molecule has 0 heterocycles. The van der Waals surface area contributed by atoms with Gasteiger partial charge in [0.1, 0.15) is 19.3 Å². The lowest BCUT2D eigenvalue weighted by Crippen LogP contribution is -2.43. The molecule has 2 rings (SSSR count). The summed E-state index contributed by atoms with van der Waals surface area (Å²) in [6.45, 7) is 12.7. The first-order valence-corrected chi connectivity index (χ1v) is 15.1. The van der Waals surface area contributed by atoms with Gasteiger partial charge in [-0.25, -0.2) is 17.6 Å². The molecule has 2 aromatic carbocycles. The number of amides is 1. The van der Waals surface area contributed by atoms with Crippen molar-refractivity contribution in [3.63, 3.8) is 0 Å². The first-order valence-electron chi connectivity index (χ1n) is 12.8. The number of hydrogen-bond acceptors (Lipinski definition) is 1. The fourth-order valence-corrected chi connectivity index (χ4v) is 10.6. The molecule has 0 aliphatic heterocycles. The van der Waals surface area contributed by atoms with E-state index in [1.54, 1.807) is 17.4 Å². The highest BCUT2D eigenvalue weighted by molar-refractivity contribution is 6.90. The van der Waals surface area contributed by atoms with E-state index < -0.39 is 60.6 Å². The second-order valence-electron chi connectivity index (χ2n) is 10.6. The number of aryl methyl sites for hydroxylation is 1. The number of benzene rings is 2. The molecule has 0 aliphatic carbocycles. The highest BCUT2D eigenvalue weighted by atomic mass is 28.3. The third-order valence-corrected chi connectivity index (χ3v) is 13.7. The Hall–Kier alpha value is -2.80. The summed E-state index contributed by atoms with van der Waals surface area (Å²) >= 11 is 0. The van der Waals surface area contributed by atoms with Crippen LogP contribution in [0.1, 0.15) is 65.5 Å². The fraction of sp³-hybridized carbons (Fsp3) is 0.483. The van der Waals surface area contributed by atoms with Crippen molar-refractivity contribution in [2.75, 3.05) is 5.32 Å². The Morgan fingerprint density at radius 2 is 1.33 bits per heavy atom. The summed E-state index contributed by atoms with van der Waals surface area (Å²) in [7, 11) is -2.17. The molecule has 10 heteroatoms. The number of anilines is 1. The van der Waals surface area contributed by atoms with Gasteiger partial charge in [0, 0.05) is 12.3 Å². The summed E-state index contributed by atoms with van der Waals surface area (Å²) in [6.07, 6.45) is -5.11. The molecule has 2 aromatic rings. The van der Waals surface area contributed by atoms with Crippen LogP contribution in [0.4, 0.5) is 36.4 Å². The lowest BCUT2D eigenvalue weighted by atomic mass is 9.95. The standard InChI is InChI=1S/C29H34F7NOSi/c1-17(2)39(18(3)4,19(5)6)16-10-13-21(15-14-20-11-8-7-9-12-20)28(38)37-27-25(32)23(30)22(29(34,35)36)24(31)26(27)33/h7-9,11-12,17-19,21H,13-15H2,1-6H3,(H,37,38). The largest absolute Gasteiger partial charge is 0.422 e. The molecule has 2 nitrogen and oxygen atoms in total. The number of carbonyl (C=O) groups excluding carboxylic acids is 1. The number of nitrogens with one attached hydrogen (secondary N) is 1. The summed E-state index contributed by atoms with van der Waals surface area (Å²) in [6, 6.07) is 9.07. The lowest BCUT2D eigenvalue weighted by molar-refractivity contribution is -0.143. The van der Waals surface area contributed by atoms with Crippen molar-refractivity contribution < 1.29 is 35.5 Å². The summed E-state index contributed by atoms with van der Waals surface area (Å²) in [5.41, 5.74) is 0.966. The lowest BCUT2D eigenvalue weighted by Gasteiger charge is -2.38. The Balaban J connectivity index is 2.46. The summed E-state index contributed by atoms with van der Waals surface area (Å²) in [5.74, 6) is -8.74. The summed E-state index contributed by atoms with van der Waals surface area (Å²) in [4.78, 5) is 13.1. The monoisotopic (exact) mass is 573 g/mol. The molecule has 0 bridgehead atoms. The number of carbonyl (C=O) groups is 1. The van der Waals surface area contributed by atoms with Crippen LogP contribution in [-0.2, 0) is 17.4 Å². The topological polar surface area (TPSA) is 29.1 Å². The second-order valence-corrected chi connectivity index (χ2v) is 16.2. The SMILES string of the molecule is CC(C)[Si](C#CCC(CCc1ccccc1)C(=O)Nc1c(F)c(F)c(C(F)(F)F)c(F)c1F)(C(C)C)C(C)C. The highest BCUT2D eigenvalue weighted by Crippen LogP contribution is 2.41. The third-order valence-electron chi connectivity index (χ3n) is 7.31. The van der Waals surface area contributed by atoms with Gasteiger partial charge in [0.05, 0.1) is 0 Å². The predicted octanol–water partition coefficient (Wildman–Crippen LogP) is 9.06. The van der Waals surface area contributed by atoms with Crippen molar-refractivity contribution in [1.29, 1.82) is 0 Å². The van der Waals surface area contributed by atoms with Gasteiger partial charge < -0.3 is 5.32 Å². The van der Waals surface area contributed by atoms with Gasteiger partial charge in [0.25, 0.3) is 0 Å². The van der Waals surface area contributed by atoms with Crippen LogP contribution in [0.5, 0.6) is 0 Å². The first kappa shape index (κ1) is 32.4. The minimum absolute atomic E-state index is 0.00554. The number of halogens is 7. The Labute approximate surface area is 226 Å². The van der Waals surface area contributed by atoms with E-state index in [1.807, 2.05) is 18.2 Å². The van der Waals surface area contributed by atoms with Gasteiger partial charge in [-0.1, -0.05) is 71.9 Å². The number of rotatable bonds is 9. The minimum Gasteiger partial charge on any atom is -0.321 e. The summed E-state index contributed by atoms with van der Waals surface area (Å²) in [5, 5.41) is 1.80. The van der Waals surface area contributed by atoms with Crippen LogP contribution in [0.3, 0.4) is 0 Å². The quantitative estimate of drug-likeness (QED) is 0.138. The van der Waals surface area contributed by atoms with Crippen LogP contribution in [0, 0.1) is 40.7 Å². The smallest absolute Gasteiger partial charge is 0.321 e. The normalized spacial score (nSPS) is 13.0. The molecule has 1 atom stereocenters. The zero-order valence-corrected chi connectivity index (χ0v) is 23.9. The number of alkyl halides is 3. The van der Waals surface area contributed by atoms with Crippen molar-refractivity contribution in [2.24, 2.45) is 5.92 Å². The van der Waals surface area contributed by atoms with Gasteiger partial charge in [-0.2, -0.15) is 13.2 Å². The zero-order valence-electron chi connectivity index (χ0n) is 22.9. The van der Waals surface area contributed by atoms with Crippen molar-refractivity contribution in [3.8, 4) is 11.5 Å². The summed E-state index contributed by atoms with van der Waals surface area (Å²) < 4.78 is 96.0. The molecule has 0 saturated carbocycles. The van der Waals surface area contributed by atoms with Gasteiger partial charge in [0.2, 0.25) is 5.91 Å². The molecular weight excluding hydrogens is 539 g/mol. The molecule has 214 valence electrons. The molecule has 0 saturated heterocycles. The van der Waals surface area contributed by atoms with Gasteiger partial charge in [0.15, 0.2) is 23.3 Å². The third kappa shape index (κ3) is 7.24. The minimum atomic E-state index is -5.67. The van der Waals surface area contributed by atoms with Crippen molar-refractivity contribution in [2.45, 2.75) is 83.6 Å². The predicted molar refractivity (Wildman–Crippen MR) is 142 cm³/mol. The van der Waals surface area contributed by atoms with E-state index in [0.29, 0.717) is 23.0 Å². The second kappa shape index (κ2) is 13.0. The average Bonchev–Trinajstić information content (AvgIpc) is 2.84. The average molecular weight is 574 g/mol. The molecule has 1 N–H and O–H groups in total. The Kier molecular flexibility index (Phi) is 10.8. The maximum Gasteiger partial charge on any atom is 0.422 e. The molecule has 0 aliphatic rings. The van der Waals surface area contributed by atoms with Crippen molar-refractivity contribution >= 4 is 19.7 Å².